The number of benzene rings is 2. The van der Waals surface area contributed by atoms with E-state index in [9.17, 15) is 18.0 Å². The van der Waals surface area contributed by atoms with Gasteiger partial charge in [-0.2, -0.15) is 0 Å². The molecule has 0 spiro atoms. The van der Waals surface area contributed by atoms with E-state index in [4.69, 9.17) is 4.74 Å². The first kappa shape index (κ1) is 31.1. The normalized spacial score (nSPS) is 12.7. The predicted molar refractivity (Wildman–Crippen MR) is 153 cm³/mol. The molecule has 0 saturated heterocycles. The number of sulfonamides is 1. The molecule has 2 amide bonds. The Morgan fingerprint density at radius 1 is 1.05 bits per heavy atom. The number of hydrogen-bond donors (Lipinski definition) is 1. The summed E-state index contributed by atoms with van der Waals surface area (Å²) in [7, 11) is -2.23. The summed E-state index contributed by atoms with van der Waals surface area (Å²) in [5, 5.41) is 2.92. The van der Waals surface area contributed by atoms with Crippen molar-refractivity contribution in [2.75, 3.05) is 30.8 Å². The van der Waals surface area contributed by atoms with E-state index in [0.717, 1.165) is 21.7 Å². The highest BCUT2D eigenvalue weighted by atomic mass is 32.2. The van der Waals surface area contributed by atoms with Gasteiger partial charge in [0.05, 0.1) is 19.1 Å². The van der Waals surface area contributed by atoms with Crippen molar-refractivity contribution in [3.63, 3.8) is 0 Å². The molecule has 0 aliphatic carbocycles. The van der Waals surface area contributed by atoms with E-state index in [-0.39, 0.29) is 23.8 Å². The number of ether oxygens (including phenoxy) is 1. The number of methoxy groups -OCH3 is 1. The zero-order valence-electron chi connectivity index (χ0n) is 23.9. The molecule has 2 aromatic carbocycles. The van der Waals surface area contributed by atoms with E-state index in [1.807, 2.05) is 45.0 Å². The maximum atomic E-state index is 13.8. The van der Waals surface area contributed by atoms with Crippen molar-refractivity contribution in [3.05, 3.63) is 59.7 Å². The van der Waals surface area contributed by atoms with Crippen LogP contribution in [0.5, 0.6) is 5.75 Å². The van der Waals surface area contributed by atoms with E-state index in [0.29, 0.717) is 24.4 Å². The van der Waals surface area contributed by atoms with Crippen LogP contribution in [0.1, 0.15) is 59.1 Å². The SMILES string of the molecule is CCC(C(=O)NCC(C)C)N(Cc1cccc(OC)c1)C(=O)CN(c1ccc(C(C)(C)C)cc1)S(C)(=O)=O. The fourth-order valence-corrected chi connectivity index (χ4v) is 4.90. The Morgan fingerprint density at radius 3 is 2.18 bits per heavy atom. The van der Waals surface area contributed by atoms with E-state index >= 15 is 0 Å². The summed E-state index contributed by atoms with van der Waals surface area (Å²) in [5.74, 6) is 0.141. The Morgan fingerprint density at radius 2 is 1.68 bits per heavy atom. The Hall–Kier alpha value is -3.07. The van der Waals surface area contributed by atoms with Crippen molar-refractivity contribution in [1.82, 2.24) is 10.2 Å². The van der Waals surface area contributed by atoms with Crippen LogP contribution in [0.3, 0.4) is 0 Å². The highest BCUT2D eigenvalue weighted by Crippen LogP contribution is 2.26. The van der Waals surface area contributed by atoms with E-state index in [1.165, 1.54) is 4.90 Å². The van der Waals surface area contributed by atoms with E-state index in [2.05, 4.69) is 26.1 Å². The maximum absolute atomic E-state index is 13.8. The minimum atomic E-state index is -3.79. The van der Waals surface area contributed by atoms with Crippen LogP contribution in [-0.2, 0) is 31.6 Å². The van der Waals surface area contributed by atoms with Gasteiger partial charge in [-0.05, 0) is 53.1 Å². The van der Waals surface area contributed by atoms with Gasteiger partial charge in [0.2, 0.25) is 21.8 Å². The first-order chi connectivity index (χ1) is 17.7. The van der Waals surface area contributed by atoms with Crippen LogP contribution in [0.25, 0.3) is 0 Å². The molecule has 38 heavy (non-hydrogen) atoms. The number of anilines is 1. The lowest BCUT2D eigenvalue weighted by Gasteiger charge is -2.33. The third-order valence-corrected chi connectivity index (χ3v) is 7.40. The minimum absolute atomic E-state index is 0.102. The molecule has 1 N–H and O–H groups in total. The largest absolute Gasteiger partial charge is 0.497 e. The summed E-state index contributed by atoms with van der Waals surface area (Å²) in [6, 6.07) is 13.7. The minimum Gasteiger partial charge on any atom is -0.497 e. The molecule has 0 fully saturated rings. The molecule has 9 heteroatoms. The molecule has 0 aliphatic rings. The van der Waals surface area contributed by atoms with Crippen molar-refractivity contribution >= 4 is 27.5 Å². The van der Waals surface area contributed by atoms with Crippen molar-refractivity contribution in [2.24, 2.45) is 5.92 Å². The first-order valence-electron chi connectivity index (χ1n) is 13.0. The van der Waals surface area contributed by atoms with E-state index < -0.39 is 28.5 Å². The lowest BCUT2D eigenvalue weighted by atomic mass is 9.87. The number of nitrogens with zero attached hydrogens (tertiary/aromatic N) is 2. The van der Waals surface area contributed by atoms with Gasteiger partial charge in [-0.25, -0.2) is 8.42 Å². The summed E-state index contributed by atoms with van der Waals surface area (Å²) in [5.41, 5.74) is 2.12. The number of carbonyl (C=O) groups is 2. The van der Waals surface area contributed by atoms with Gasteiger partial charge < -0.3 is 15.0 Å². The standard InChI is InChI=1S/C29H43N3O5S/c1-9-26(28(34)30-18-21(2)3)31(19-22-11-10-12-25(17-22)37-7)27(33)20-32(38(8,35)36)24-15-13-23(14-16-24)29(4,5)6/h10-17,21,26H,9,18-20H2,1-8H3,(H,30,34). The van der Waals surface area contributed by atoms with Gasteiger partial charge >= 0.3 is 0 Å². The van der Waals surface area contributed by atoms with Gasteiger partial charge in [-0.3, -0.25) is 13.9 Å². The van der Waals surface area contributed by atoms with Gasteiger partial charge in [0.15, 0.2) is 0 Å². The molecule has 1 atom stereocenters. The quantitative estimate of drug-likeness (QED) is 0.428. The van der Waals surface area contributed by atoms with E-state index in [1.54, 1.807) is 31.4 Å². The summed E-state index contributed by atoms with van der Waals surface area (Å²) in [6.45, 7) is 12.2. The third-order valence-electron chi connectivity index (χ3n) is 6.26. The molecule has 0 aromatic heterocycles. The fraction of sp³-hybridized carbons (Fsp3) is 0.517. The fourth-order valence-electron chi connectivity index (χ4n) is 4.05. The molecule has 0 aliphatic heterocycles. The molecule has 1 unspecified atom stereocenters. The lowest BCUT2D eigenvalue weighted by Crippen LogP contribution is -2.52. The molecular formula is C29H43N3O5S. The first-order valence-corrected chi connectivity index (χ1v) is 14.8. The van der Waals surface area contributed by atoms with Crippen LogP contribution in [0.15, 0.2) is 48.5 Å². The van der Waals surface area contributed by atoms with Crippen molar-refractivity contribution in [1.29, 1.82) is 0 Å². The van der Waals surface area contributed by atoms with Crippen LogP contribution < -0.4 is 14.4 Å². The summed E-state index contributed by atoms with van der Waals surface area (Å²) < 4.78 is 32.1. The zero-order chi connectivity index (χ0) is 28.7. The number of carbonyl (C=O) groups excluding carboxylic acids is 2. The average molecular weight is 546 g/mol. The maximum Gasteiger partial charge on any atom is 0.244 e. The highest BCUT2D eigenvalue weighted by molar-refractivity contribution is 7.92. The number of amides is 2. The molecule has 0 bridgehead atoms. The van der Waals surface area contributed by atoms with Gasteiger partial charge in [-0.15, -0.1) is 0 Å². The highest BCUT2D eigenvalue weighted by Gasteiger charge is 2.32. The molecule has 0 radical (unpaired) electrons. The van der Waals surface area contributed by atoms with Crippen molar-refractivity contribution in [2.45, 2.75) is 66.0 Å². The second kappa shape index (κ2) is 13.1. The second-order valence-corrected chi connectivity index (χ2v) is 12.9. The number of hydrogen-bond acceptors (Lipinski definition) is 5. The summed E-state index contributed by atoms with van der Waals surface area (Å²) in [4.78, 5) is 28.4. The smallest absolute Gasteiger partial charge is 0.244 e. The molecular weight excluding hydrogens is 502 g/mol. The van der Waals surface area contributed by atoms with Gasteiger partial charge in [0, 0.05) is 13.1 Å². The van der Waals surface area contributed by atoms with Crippen LogP contribution >= 0.6 is 0 Å². The van der Waals surface area contributed by atoms with Crippen LogP contribution in [-0.4, -0.2) is 57.6 Å². The Balaban J connectivity index is 2.45. The van der Waals surface area contributed by atoms with Gasteiger partial charge in [-0.1, -0.05) is 65.8 Å². The zero-order valence-corrected chi connectivity index (χ0v) is 24.8. The van der Waals surface area contributed by atoms with Crippen LogP contribution in [0.2, 0.25) is 0 Å². The molecule has 0 saturated carbocycles. The van der Waals surface area contributed by atoms with Crippen molar-refractivity contribution in [3.8, 4) is 5.75 Å². The van der Waals surface area contributed by atoms with Crippen LogP contribution in [0.4, 0.5) is 5.69 Å². The molecule has 8 nitrogen and oxygen atoms in total. The molecule has 210 valence electrons. The third kappa shape index (κ3) is 8.75. The Bertz CT molecular complexity index is 1190. The summed E-state index contributed by atoms with van der Waals surface area (Å²) in [6.07, 6.45) is 1.45. The van der Waals surface area contributed by atoms with Gasteiger partial charge in [0.25, 0.3) is 0 Å². The summed E-state index contributed by atoms with van der Waals surface area (Å²) >= 11 is 0. The second-order valence-electron chi connectivity index (χ2n) is 11.0. The monoisotopic (exact) mass is 545 g/mol. The van der Waals surface area contributed by atoms with Crippen molar-refractivity contribution < 1.29 is 22.7 Å². The molecule has 2 rings (SSSR count). The Labute approximate surface area is 228 Å². The molecule has 2 aromatic rings. The topological polar surface area (TPSA) is 96.0 Å². The average Bonchev–Trinajstić information content (AvgIpc) is 2.84. The number of rotatable bonds is 12. The van der Waals surface area contributed by atoms with Gasteiger partial charge in [0.1, 0.15) is 18.3 Å². The number of nitrogens with one attached hydrogen (secondary N) is 1. The van der Waals surface area contributed by atoms with Crippen LogP contribution in [0, 0.1) is 5.92 Å². The molecule has 0 heterocycles. The predicted octanol–water partition coefficient (Wildman–Crippen LogP) is 4.34. The lowest BCUT2D eigenvalue weighted by molar-refractivity contribution is -0.140. The Kier molecular flexibility index (Phi) is 10.8.